The van der Waals surface area contributed by atoms with E-state index < -0.39 is 0 Å². The number of ether oxygens (including phenoxy) is 2. The van der Waals surface area contributed by atoms with Crippen molar-refractivity contribution < 1.29 is 9.47 Å². The van der Waals surface area contributed by atoms with E-state index in [-0.39, 0.29) is 5.56 Å². The molecule has 114 valence electrons. The lowest BCUT2D eigenvalue weighted by atomic mass is 10.0. The zero-order valence-corrected chi connectivity index (χ0v) is 12.8. The molecule has 2 aromatic rings. The number of benzene rings is 1. The second kappa shape index (κ2) is 7.02. The number of hydrogen-bond donors (Lipinski definition) is 2. The Morgan fingerprint density at radius 3 is 2.52 bits per heavy atom. The summed E-state index contributed by atoms with van der Waals surface area (Å²) in [6, 6.07) is 5.81. The normalized spacial score (nSPS) is 10.6. The first-order valence-corrected chi connectivity index (χ1v) is 7.19. The Labute approximate surface area is 124 Å². The van der Waals surface area contributed by atoms with Gasteiger partial charge < -0.3 is 14.6 Å². The molecular weight excluding hydrogens is 268 g/mol. The van der Waals surface area contributed by atoms with Crippen LogP contribution >= 0.6 is 0 Å². The van der Waals surface area contributed by atoms with Gasteiger partial charge in [0.1, 0.15) is 0 Å². The predicted molar refractivity (Wildman–Crippen MR) is 82.4 cm³/mol. The molecule has 0 saturated heterocycles. The third-order valence-corrected chi connectivity index (χ3v) is 3.59. The van der Waals surface area contributed by atoms with E-state index in [1.807, 2.05) is 18.2 Å². The highest BCUT2D eigenvalue weighted by Crippen LogP contribution is 2.31. The molecule has 0 radical (unpaired) electrons. The van der Waals surface area contributed by atoms with Crippen molar-refractivity contribution in [3.05, 3.63) is 45.4 Å². The first kappa shape index (κ1) is 15.2. The van der Waals surface area contributed by atoms with Crippen LogP contribution in [0.3, 0.4) is 0 Å². The first-order valence-electron chi connectivity index (χ1n) is 7.19. The van der Waals surface area contributed by atoms with Crippen LogP contribution in [-0.4, -0.2) is 24.4 Å². The molecule has 0 amide bonds. The van der Waals surface area contributed by atoms with E-state index in [1.54, 1.807) is 14.2 Å². The van der Waals surface area contributed by atoms with Crippen molar-refractivity contribution >= 4 is 0 Å². The molecule has 5 nitrogen and oxygen atoms in total. The molecule has 5 heteroatoms. The van der Waals surface area contributed by atoms with Crippen LogP contribution in [0.15, 0.2) is 23.0 Å². The standard InChI is InChI=1S/C16H22N2O3/c1-4-6-13-12(16(19)18-17-13)10-9-11-7-5-8-14(20-2)15(11)21-3/h5,7-8H,4,6,9-10H2,1-3H3,(H2,17,18,19). The lowest BCUT2D eigenvalue weighted by Gasteiger charge is -2.12. The van der Waals surface area contributed by atoms with Crippen molar-refractivity contribution in [2.45, 2.75) is 32.6 Å². The van der Waals surface area contributed by atoms with Gasteiger partial charge in [-0.15, -0.1) is 0 Å². The predicted octanol–water partition coefficient (Wildman–Crippen LogP) is 2.46. The van der Waals surface area contributed by atoms with Gasteiger partial charge in [0.25, 0.3) is 5.56 Å². The smallest absolute Gasteiger partial charge is 0.267 e. The molecule has 0 bridgehead atoms. The van der Waals surface area contributed by atoms with Gasteiger partial charge in [0, 0.05) is 11.3 Å². The topological polar surface area (TPSA) is 67.1 Å². The number of methoxy groups -OCH3 is 2. The van der Waals surface area contributed by atoms with Crippen LogP contribution in [0, 0.1) is 0 Å². The van der Waals surface area contributed by atoms with E-state index in [0.29, 0.717) is 12.2 Å². The van der Waals surface area contributed by atoms with Crippen LogP contribution in [-0.2, 0) is 19.3 Å². The molecule has 2 rings (SSSR count). The van der Waals surface area contributed by atoms with Gasteiger partial charge >= 0.3 is 0 Å². The molecule has 0 fully saturated rings. The SMILES string of the molecule is CCCc1[nH][nH]c(=O)c1CCc1cccc(OC)c1OC. The summed E-state index contributed by atoms with van der Waals surface area (Å²) in [4.78, 5) is 11.9. The molecule has 0 spiro atoms. The van der Waals surface area contributed by atoms with E-state index in [1.165, 1.54) is 0 Å². The lowest BCUT2D eigenvalue weighted by molar-refractivity contribution is 0.351. The number of para-hydroxylation sites is 1. The summed E-state index contributed by atoms with van der Waals surface area (Å²) >= 11 is 0. The Hall–Kier alpha value is -2.17. The van der Waals surface area contributed by atoms with Crippen molar-refractivity contribution in [2.75, 3.05) is 14.2 Å². The van der Waals surface area contributed by atoms with Crippen molar-refractivity contribution in [2.24, 2.45) is 0 Å². The number of aromatic nitrogens is 2. The highest BCUT2D eigenvalue weighted by atomic mass is 16.5. The van der Waals surface area contributed by atoms with Gasteiger partial charge in [-0.2, -0.15) is 0 Å². The van der Waals surface area contributed by atoms with Gasteiger partial charge in [-0.3, -0.25) is 9.89 Å². The van der Waals surface area contributed by atoms with E-state index >= 15 is 0 Å². The van der Waals surface area contributed by atoms with Crippen LogP contribution in [0.1, 0.15) is 30.2 Å². The Kier molecular flexibility index (Phi) is 5.09. The fourth-order valence-corrected chi connectivity index (χ4v) is 2.56. The van der Waals surface area contributed by atoms with Gasteiger partial charge in [-0.05, 0) is 30.9 Å². The second-order valence-electron chi connectivity index (χ2n) is 4.94. The van der Waals surface area contributed by atoms with Gasteiger partial charge in [-0.1, -0.05) is 25.5 Å². The summed E-state index contributed by atoms with van der Waals surface area (Å²) in [6.45, 7) is 2.10. The Bertz CT molecular complexity index is 643. The maximum absolute atomic E-state index is 11.9. The maximum atomic E-state index is 11.9. The number of aromatic amines is 2. The van der Waals surface area contributed by atoms with E-state index in [4.69, 9.17) is 9.47 Å². The Morgan fingerprint density at radius 2 is 1.86 bits per heavy atom. The number of rotatable bonds is 7. The summed E-state index contributed by atoms with van der Waals surface area (Å²) in [6.07, 6.45) is 3.29. The molecule has 0 aliphatic heterocycles. The van der Waals surface area contributed by atoms with Crippen LogP contribution in [0.5, 0.6) is 11.5 Å². The average Bonchev–Trinajstić information content (AvgIpc) is 2.85. The summed E-state index contributed by atoms with van der Waals surface area (Å²) < 4.78 is 10.7. The van der Waals surface area contributed by atoms with Crippen molar-refractivity contribution in [3.63, 3.8) is 0 Å². The van der Waals surface area contributed by atoms with E-state index in [2.05, 4.69) is 17.1 Å². The van der Waals surface area contributed by atoms with Crippen LogP contribution < -0.4 is 15.0 Å². The maximum Gasteiger partial charge on any atom is 0.267 e. The number of nitrogens with one attached hydrogen (secondary N) is 2. The van der Waals surface area contributed by atoms with Gasteiger partial charge in [0.2, 0.25) is 0 Å². The van der Waals surface area contributed by atoms with E-state index in [0.717, 1.165) is 41.8 Å². The van der Waals surface area contributed by atoms with Crippen molar-refractivity contribution in [1.29, 1.82) is 0 Å². The summed E-state index contributed by atoms with van der Waals surface area (Å²) in [5.74, 6) is 1.45. The van der Waals surface area contributed by atoms with Crippen LogP contribution in [0.25, 0.3) is 0 Å². The average molecular weight is 290 g/mol. The number of H-pyrrole nitrogens is 2. The van der Waals surface area contributed by atoms with Crippen molar-refractivity contribution in [3.8, 4) is 11.5 Å². The summed E-state index contributed by atoms with van der Waals surface area (Å²) in [5, 5.41) is 5.64. The van der Waals surface area contributed by atoms with Gasteiger partial charge in [-0.25, -0.2) is 0 Å². The molecule has 1 aromatic heterocycles. The quantitative estimate of drug-likeness (QED) is 0.823. The molecule has 1 heterocycles. The highest BCUT2D eigenvalue weighted by Gasteiger charge is 2.13. The second-order valence-corrected chi connectivity index (χ2v) is 4.94. The molecule has 0 aliphatic carbocycles. The monoisotopic (exact) mass is 290 g/mol. The molecule has 0 atom stereocenters. The van der Waals surface area contributed by atoms with Crippen molar-refractivity contribution in [1.82, 2.24) is 10.2 Å². The molecule has 0 aliphatic rings. The Balaban J connectivity index is 2.21. The fraction of sp³-hybridized carbons (Fsp3) is 0.438. The van der Waals surface area contributed by atoms with Gasteiger partial charge in [0.15, 0.2) is 11.5 Å². The van der Waals surface area contributed by atoms with Crippen LogP contribution in [0.2, 0.25) is 0 Å². The minimum Gasteiger partial charge on any atom is -0.493 e. The minimum absolute atomic E-state index is 0.0275. The van der Waals surface area contributed by atoms with Gasteiger partial charge in [0.05, 0.1) is 14.2 Å². The third-order valence-electron chi connectivity index (χ3n) is 3.59. The summed E-state index contributed by atoms with van der Waals surface area (Å²) in [5.41, 5.74) is 2.85. The molecule has 21 heavy (non-hydrogen) atoms. The molecule has 0 saturated carbocycles. The Morgan fingerprint density at radius 1 is 1.05 bits per heavy atom. The first-order chi connectivity index (χ1) is 10.2. The molecule has 0 unspecified atom stereocenters. The fourth-order valence-electron chi connectivity index (χ4n) is 2.56. The molecule has 1 aromatic carbocycles. The highest BCUT2D eigenvalue weighted by molar-refractivity contribution is 5.46. The summed E-state index contributed by atoms with van der Waals surface area (Å²) in [7, 11) is 3.25. The molecule has 2 N–H and O–H groups in total. The zero-order valence-electron chi connectivity index (χ0n) is 12.8. The minimum atomic E-state index is -0.0275. The number of hydrogen-bond acceptors (Lipinski definition) is 3. The third kappa shape index (κ3) is 3.29. The number of aryl methyl sites for hydroxylation is 2. The van der Waals surface area contributed by atoms with E-state index in [9.17, 15) is 4.79 Å². The lowest BCUT2D eigenvalue weighted by Crippen LogP contribution is -2.09. The molecular formula is C16H22N2O3. The largest absolute Gasteiger partial charge is 0.493 e. The zero-order chi connectivity index (χ0) is 15.2. The van der Waals surface area contributed by atoms with Crippen LogP contribution in [0.4, 0.5) is 0 Å².